The molecular weight excluding hydrogens is 430 g/mol. The van der Waals surface area contributed by atoms with Crippen molar-refractivity contribution in [2.75, 3.05) is 42.6 Å². The Morgan fingerprint density at radius 3 is 2.37 bits per heavy atom. The van der Waals surface area contributed by atoms with Crippen molar-refractivity contribution in [3.63, 3.8) is 0 Å². The zero-order chi connectivity index (χ0) is 21.9. The standard InChI is InChI=1S/C19H23N3O6S2/c1-14-7-8-15(13-18(14)30(26,27)22-9-11-28-12-10-22)20-19(23)16-5-3-4-6-17(16)21-29(2,24)25/h3-8,13,21H,9-12H2,1-2H3,(H,20,23). The van der Waals surface area contributed by atoms with Crippen LogP contribution in [0.5, 0.6) is 0 Å². The van der Waals surface area contributed by atoms with Gasteiger partial charge in [-0.1, -0.05) is 18.2 Å². The molecule has 1 aliphatic rings. The topological polar surface area (TPSA) is 122 Å². The summed E-state index contributed by atoms with van der Waals surface area (Å²) in [4.78, 5) is 12.8. The first-order valence-electron chi connectivity index (χ1n) is 9.15. The van der Waals surface area contributed by atoms with Crippen LogP contribution in [-0.4, -0.2) is 59.6 Å². The molecule has 0 aliphatic carbocycles. The molecule has 11 heteroatoms. The summed E-state index contributed by atoms with van der Waals surface area (Å²) in [7, 11) is -7.31. The predicted molar refractivity (Wildman–Crippen MR) is 114 cm³/mol. The van der Waals surface area contributed by atoms with Crippen molar-refractivity contribution in [3.05, 3.63) is 53.6 Å². The van der Waals surface area contributed by atoms with E-state index in [2.05, 4.69) is 10.0 Å². The maximum Gasteiger partial charge on any atom is 0.257 e. The van der Waals surface area contributed by atoms with Crippen molar-refractivity contribution in [1.29, 1.82) is 0 Å². The summed E-state index contributed by atoms with van der Waals surface area (Å²) in [5.74, 6) is -0.569. The smallest absolute Gasteiger partial charge is 0.257 e. The number of benzene rings is 2. The van der Waals surface area contributed by atoms with Crippen LogP contribution >= 0.6 is 0 Å². The van der Waals surface area contributed by atoms with Crippen LogP contribution in [0.1, 0.15) is 15.9 Å². The second-order valence-corrected chi connectivity index (χ2v) is 10.5. The Bertz CT molecular complexity index is 1160. The number of hydrogen-bond donors (Lipinski definition) is 2. The molecule has 0 atom stereocenters. The molecule has 1 aliphatic heterocycles. The van der Waals surface area contributed by atoms with Crippen molar-refractivity contribution in [3.8, 4) is 0 Å². The van der Waals surface area contributed by atoms with E-state index in [1.165, 1.54) is 22.5 Å². The van der Waals surface area contributed by atoms with Gasteiger partial charge in [-0.25, -0.2) is 16.8 Å². The van der Waals surface area contributed by atoms with Gasteiger partial charge in [0, 0.05) is 18.8 Å². The van der Waals surface area contributed by atoms with E-state index in [-0.39, 0.29) is 34.9 Å². The molecule has 0 radical (unpaired) electrons. The minimum absolute atomic E-state index is 0.102. The molecule has 1 amide bonds. The van der Waals surface area contributed by atoms with E-state index >= 15 is 0 Å². The Hall–Kier alpha value is -2.47. The zero-order valence-electron chi connectivity index (χ0n) is 16.6. The highest BCUT2D eigenvalue weighted by Gasteiger charge is 2.28. The van der Waals surface area contributed by atoms with Crippen molar-refractivity contribution < 1.29 is 26.4 Å². The summed E-state index contributed by atoms with van der Waals surface area (Å²) in [6.07, 6.45) is 0.991. The van der Waals surface area contributed by atoms with Gasteiger partial charge in [-0.15, -0.1) is 0 Å². The van der Waals surface area contributed by atoms with Gasteiger partial charge in [-0.05, 0) is 36.8 Å². The van der Waals surface area contributed by atoms with Crippen LogP contribution in [0.3, 0.4) is 0 Å². The number of carbonyl (C=O) groups is 1. The van der Waals surface area contributed by atoms with Crippen LogP contribution in [0.4, 0.5) is 11.4 Å². The molecule has 1 fully saturated rings. The molecule has 1 heterocycles. The van der Waals surface area contributed by atoms with E-state index < -0.39 is 26.0 Å². The summed E-state index contributed by atoms with van der Waals surface area (Å²) in [6, 6.07) is 10.8. The van der Waals surface area contributed by atoms with Gasteiger partial charge in [0.2, 0.25) is 20.0 Å². The van der Waals surface area contributed by atoms with Gasteiger partial charge < -0.3 is 10.1 Å². The van der Waals surface area contributed by atoms with Crippen LogP contribution in [0, 0.1) is 6.92 Å². The molecule has 0 aromatic heterocycles. The van der Waals surface area contributed by atoms with Crippen LogP contribution in [0.15, 0.2) is 47.4 Å². The van der Waals surface area contributed by atoms with Crippen LogP contribution in [0.25, 0.3) is 0 Å². The third-order valence-corrected chi connectivity index (χ3v) is 7.13. The molecule has 162 valence electrons. The highest BCUT2D eigenvalue weighted by Crippen LogP contribution is 2.25. The molecule has 1 saturated heterocycles. The SMILES string of the molecule is Cc1ccc(NC(=O)c2ccccc2NS(C)(=O)=O)cc1S(=O)(=O)N1CCOCC1. The molecule has 9 nitrogen and oxygen atoms in total. The fourth-order valence-electron chi connectivity index (χ4n) is 3.05. The molecule has 30 heavy (non-hydrogen) atoms. The quantitative estimate of drug-likeness (QED) is 0.686. The fourth-order valence-corrected chi connectivity index (χ4v) is 5.29. The molecule has 0 bridgehead atoms. The Labute approximate surface area is 176 Å². The third kappa shape index (κ3) is 5.17. The number of carbonyl (C=O) groups excluding carboxylic acids is 1. The third-order valence-electron chi connectivity index (χ3n) is 4.50. The van der Waals surface area contributed by atoms with Gasteiger partial charge in [0.05, 0.1) is 35.6 Å². The van der Waals surface area contributed by atoms with E-state index in [4.69, 9.17) is 4.74 Å². The second kappa shape index (κ2) is 8.72. The van der Waals surface area contributed by atoms with Crippen LogP contribution < -0.4 is 10.0 Å². The number of ether oxygens (including phenoxy) is 1. The van der Waals surface area contributed by atoms with Gasteiger partial charge in [0.25, 0.3) is 5.91 Å². The van der Waals surface area contributed by atoms with Gasteiger partial charge >= 0.3 is 0 Å². The fraction of sp³-hybridized carbons (Fsp3) is 0.316. The Kier molecular flexibility index (Phi) is 6.46. The van der Waals surface area contributed by atoms with Gasteiger partial charge in [-0.3, -0.25) is 9.52 Å². The van der Waals surface area contributed by atoms with E-state index in [0.29, 0.717) is 18.8 Å². The first kappa shape index (κ1) is 22.2. The zero-order valence-corrected chi connectivity index (χ0v) is 18.2. The molecule has 2 N–H and O–H groups in total. The van der Waals surface area contributed by atoms with Crippen LogP contribution in [-0.2, 0) is 24.8 Å². The molecule has 3 rings (SSSR count). The molecule has 0 saturated carbocycles. The van der Waals surface area contributed by atoms with E-state index in [9.17, 15) is 21.6 Å². The number of sulfonamides is 2. The Morgan fingerprint density at radius 1 is 1.03 bits per heavy atom. The Balaban J connectivity index is 1.88. The number of nitrogens with one attached hydrogen (secondary N) is 2. The number of para-hydroxylation sites is 1. The molecule has 0 unspecified atom stereocenters. The Morgan fingerprint density at radius 2 is 1.70 bits per heavy atom. The predicted octanol–water partition coefficient (Wildman–Crippen LogP) is 1.64. The first-order chi connectivity index (χ1) is 14.1. The number of amides is 1. The number of aryl methyl sites for hydroxylation is 1. The van der Waals surface area contributed by atoms with Crippen molar-refractivity contribution in [1.82, 2.24) is 4.31 Å². The van der Waals surface area contributed by atoms with Crippen LogP contribution in [0.2, 0.25) is 0 Å². The highest BCUT2D eigenvalue weighted by molar-refractivity contribution is 7.92. The molecule has 2 aromatic carbocycles. The van der Waals surface area contributed by atoms with E-state index in [1.54, 1.807) is 31.2 Å². The lowest BCUT2D eigenvalue weighted by Gasteiger charge is -2.26. The largest absolute Gasteiger partial charge is 0.379 e. The lowest BCUT2D eigenvalue weighted by molar-refractivity contribution is 0.0730. The summed E-state index contributed by atoms with van der Waals surface area (Å²) in [5.41, 5.74) is 1.08. The van der Waals surface area contributed by atoms with Gasteiger partial charge in [0.1, 0.15) is 0 Å². The maximum absolute atomic E-state index is 13.0. The van der Waals surface area contributed by atoms with Crippen molar-refractivity contribution >= 4 is 37.3 Å². The number of nitrogens with zero attached hydrogens (tertiary/aromatic N) is 1. The minimum Gasteiger partial charge on any atom is -0.379 e. The summed E-state index contributed by atoms with van der Waals surface area (Å²) in [6.45, 7) is 2.88. The highest BCUT2D eigenvalue weighted by atomic mass is 32.2. The number of rotatable bonds is 6. The summed E-state index contributed by atoms with van der Waals surface area (Å²) < 4.78 is 58.0. The number of anilines is 2. The average Bonchev–Trinajstić information content (AvgIpc) is 2.69. The molecule has 2 aromatic rings. The average molecular weight is 454 g/mol. The normalized spacial score (nSPS) is 15.5. The van der Waals surface area contributed by atoms with Gasteiger partial charge in [0.15, 0.2) is 0 Å². The lowest BCUT2D eigenvalue weighted by atomic mass is 10.1. The number of morpholine rings is 1. The second-order valence-electron chi connectivity index (χ2n) is 6.87. The molecule has 0 spiro atoms. The van der Waals surface area contributed by atoms with Crippen molar-refractivity contribution in [2.45, 2.75) is 11.8 Å². The monoisotopic (exact) mass is 453 g/mol. The first-order valence-corrected chi connectivity index (χ1v) is 12.5. The van der Waals surface area contributed by atoms with E-state index in [0.717, 1.165) is 6.26 Å². The van der Waals surface area contributed by atoms with E-state index in [1.807, 2.05) is 0 Å². The number of hydrogen-bond acceptors (Lipinski definition) is 6. The minimum atomic E-state index is -3.74. The van der Waals surface area contributed by atoms with Gasteiger partial charge in [-0.2, -0.15) is 4.31 Å². The molecular formula is C19H23N3O6S2. The van der Waals surface area contributed by atoms with Crippen molar-refractivity contribution in [2.24, 2.45) is 0 Å². The summed E-state index contributed by atoms with van der Waals surface area (Å²) >= 11 is 0. The lowest BCUT2D eigenvalue weighted by Crippen LogP contribution is -2.40. The summed E-state index contributed by atoms with van der Waals surface area (Å²) in [5, 5.41) is 2.65. The maximum atomic E-state index is 13.0.